The fourth-order valence-corrected chi connectivity index (χ4v) is 19.4. The number of esters is 1. The van der Waals surface area contributed by atoms with E-state index >= 15 is 0 Å². The van der Waals surface area contributed by atoms with Gasteiger partial charge < -0.3 is 139 Å². The number of rotatable bonds is 15. The Bertz CT molecular complexity index is 2460. The highest BCUT2D eigenvalue weighted by Gasteiger charge is 2.82. The number of hydrogen-bond donors (Lipinski definition) is 16. The maximum Gasteiger partial charge on any atom is 0.302 e. The quantitative estimate of drug-likeness (QED) is 0.0541. The molecule has 0 aromatic heterocycles. The Morgan fingerprint density at radius 2 is 1.06 bits per heavy atom. The molecule has 6 heterocycles. The summed E-state index contributed by atoms with van der Waals surface area (Å²) in [6, 6.07) is 0. The highest BCUT2D eigenvalue weighted by atomic mass is 16.8. The number of carbonyl (C=O) groups excluding carboxylic acids is 1. The normalized spacial score (nSPS) is 56.4. The largest absolute Gasteiger partial charge is 0.462 e. The van der Waals surface area contributed by atoms with Gasteiger partial charge in [0.2, 0.25) is 0 Å². The first kappa shape index (κ1) is 68.8. The van der Waals surface area contributed by atoms with E-state index in [1.54, 1.807) is 0 Å². The number of hydrogen-bond acceptors (Lipinski definition) is 29. The summed E-state index contributed by atoms with van der Waals surface area (Å²) in [5, 5.41) is 177. The molecule has 512 valence electrons. The number of aliphatic hydroxyl groups is 16. The van der Waals surface area contributed by atoms with Gasteiger partial charge in [-0.1, -0.05) is 41.5 Å². The van der Waals surface area contributed by atoms with E-state index in [9.17, 15) is 86.5 Å². The zero-order valence-electron chi connectivity index (χ0n) is 51.5. The van der Waals surface area contributed by atoms with Crippen LogP contribution >= 0.6 is 0 Å². The van der Waals surface area contributed by atoms with E-state index in [4.69, 9.17) is 56.8 Å². The summed E-state index contributed by atoms with van der Waals surface area (Å²) < 4.78 is 74.4. The second-order valence-corrected chi connectivity index (χ2v) is 29.5. The second-order valence-electron chi connectivity index (χ2n) is 29.5. The molecule has 0 radical (unpaired) electrons. The molecule has 11 fully saturated rings. The van der Waals surface area contributed by atoms with Gasteiger partial charge in [-0.3, -0.25) is 4.79 Å². The number of fused-ring (bicyclic) bond motifs is 4. The van der Waals surface area contributed by atoms with Gasteiger partial charge in [0.1, 0.15) is 116 Å². The van der Waals surface area contributed by atoms with Crippen molar-refractivity contribution in [1.29, 1.82) is 0 Å². The van der Waals surface area contributed by atoms with Crippen molar-refractivity contribution in [3.63, 3.8) is 0 Å². The minimum absolute atomic E-state index is 0.0758. The molecule has 2 bridgehead atoms. The Morgan fingerprint density at radius 1 is 0.494 bits per heavy atom. The lowest BCUT2D eigenvalue weighted by atomic mass is 9.30. The van der Waals surface area contributed by atoms with Crippen LogP contribution in [0.2, 0.25) is 0 Å². The van der Waals surface area contributed by atoms with Gasteiger partial charge in [0.25, 0.3) is 0 Å². The molecule has 5 aliphatic carbocycles. The summed E-state index contributed by atoms with van der Waals surface area (Å²) in [5.74, 6) is -0.569. The van der Waals surface area contributed by atoms with Gasteiger partial charge in [-0.2, -0.15) is 0 Å². The highest BCUT2D eigenvalue weighted by Crippen LogP contribution is 2.81. The highest BCUT2D eigenvalue weighted by molar-refractivity contribution is 5.66. The Morgan fingerprint density at radius 3 is 1.66 bits per heavy atom. The van der Waals surface area contributed by atoms with Gasteiger partial charge in [0.15, 0.2) is 31.5 Å². The Labute approximate surface area is 515 Å². The average molecular weight is 1280 g/mol. The number of carbonyl (C=O) groups is 1. The molecule has 6 saturated heterocycles. The van der Waals surface area contributed by atoms with Crippen LogP contribution < -0.4 is 0 Å². The molecule has 35 atom stereocenters. The average Bonchev–Trinajstić information content (AvgIpc) is 1.61. The van der Waals surface area contributed by atoms with Crippen LogP contribution in [0.5, 0.6) is 0 Å². The van der Waals surface area contributed by atoms with Gasteiger partial charge in [-0.05, 0) is 85.9 Å². The third-order valence-corrected chi connectivity index (χ3v) is 24.4. The Kier molecular flexibility index (Phi) is 19.4. The predicted octanol–water partition coefficient (Wildman–Crippen LogP) is -4.73. The molecule has 89 heavy (non-hydrogen) atoms. The van der Waals surface area contributed by atoms with E-state index in [-0.39, 0.29) is 41.2 Å². The molecule has 29 nitrogen and oxygen atoms in total. The Balaban J connectivity index is 0.864. The van der Waals surface area contributed by atoms with Crippen LogP contribution in [0, 0.1) is 50.2 Å². The van der Waals surface area contributed by atoms with E-state index in [1.165, 1.54) is 6.92 Å². The van der Waals surface area contributed by atoms with Gasteiger partial charge in [0.05, 0.1) is 69.5 Å². The molecule has 6 aliphatic heterocycles. The van der Waals surface area contributed by atoms with Crippen molar-refractivity contribution in [3.05, 3.63) is 0 Å². The molecule has 16 N–H and O–H groups in total. The molecular weight excluding hydrogens is 1180 g/mol. The fraction of sp³-hybridized carbons (Fsp3) is 0.983. The maximum atomic E-state index is 12.7. The van der Waals surface area contributed by atoms with Crippen molar-refractivity contribution >= 4 is 5.97 Å². The van der Waals surface area contributed by atoms with E-state index in [0.29, 0.717) is 45.1 Å². The molecule has 1 spiro atoms. The molecule has 0 amide bonds. The van der Waals surface area contributed by atoms with Crippen molar-refractivity contribution < 1.29 is 143 Å². The van der Waals surface area contributed by atoms with Crippen molar-refractivity contribution in [1.82, 2.24) is 0 Å². The van der Waals surface area contributed by atoms with Gasteiger partial charge in [-0.15, -0.1) is 0 Å². The third kappa shape index (κ3) is 10.9. The fourth-order valence-electron chi connectivity index (χ4n) is 19.4. The lowest BCUT2D eigenvalue weighted by molar-refractivity contribution is -0.402. The first-order valence-electron chi connectivity index (χ1n) is 31.7. The van der Waals surface area contributed by atoms with Crippen molar-refractivity contribution in [2.24, 2.45) is 50.2 Å². The van der Waals surface area contributed by atoms with Crippen molar-refractivity contribution in [3.8, 4) is 0 Å². The van der Waals surface area contributed by atoms with Gasteiger partial charge >= 0.3 is 5.97 Å². The monoisotopic (exact) mass is 1280 g/mol. The molecule has 11 aliphatic rings. The summed E-state index contributed by atoms with van der Waals surface area (Å²) >= 11 is 0. The molecule has 11 rings (SSSR count). The van der Waals surface area contributed by atoms with Crippen LogP contribution in [0.1, 0.15) is 106 Å². The standard InChI is InChI=1S/C60H98O29/c1-24(65)81-35-16-54(2,3)14-32-59(35)23-80-60(32)13-9-31-55(4)11-10-34(56(5,22-64)30(55)8-12-57(31,6)58(60,7)15-33(59)67)86-52-47(89-51-44(76)41(73)38(70)27(18-62)83-51)39(71)29(21-79-52)85-53-48(88-49-42(74)36(68)25(66)20-78-49)45(77)46(28(19-63)84-53)87-50-43(75)40(72)37(69)26(17-61)82-50/h25-53,61-64,66-77H,8-23H2,1-7H3. The smallest absolute Gasteiger partial charge is 0.302 e. The van der Waals surface area contributed by atoms with Gasteiger partial charge in [-0.25, -0.2) is 0 Å². The topological polar surface area (TPSA) is 452 Å². The van der Waals surface area contributed by atoms with E-state index < -0.39 is 220 Å². The summed E-state index contributed by atoms with van der Waals surface area (Å²) in [7, 11) is 0. The molecule has 0 aromatic rings. The van der Waals surface area contributed by atoms with E-state index in [0.717, 1.165) is 19.3 Å². The summed E-state index contributed by atoms with van der Waals surface area (Å²) in [5.41, 5.74) is -3.88. The van der Waals surface area contributed by atoms with Crippen LogP contribution in [0.3, 0.4) is 0 Å². The SMILES string of the molecule is CC(=O)OC1CC(C)(C)CC2C13COC21CCC2C4(C)CCC(OC5OCC(OC6OC(CO)C(OC7OC(CO)C(O)C(O)C7O)C(O)C6OC6OCC(O)C(O)C6O)C(O)C5OC5OC(CO)C(O)C(O)C5O)C(C)(CO)C4CCC2(C)C1(C)CC3O. The minimum atomic E-state index is -2.07. The molecular formula is C60H98O29. The minimum Gasteiger partial charge on any atom is -0.462 e. The van der Waals surface area contributed by atoms with Crippen LogP contribution in [0.25, 0.3) is 0 Å². The lowest BCUT2D eigenvalue weighted by Crippen LogP contribution is -2.75. The molecule has 29 heteroatoms. The molecule has 0 aromatic carbocycles. The first-order chi connectivity index (χ1) is 41.8. The van der Waals surface area contributed by atoms with Crippen LogP contribution in [-0.2, 0) is 61.6 Å². The number of ether oxygens (including phenoxy) is 12. The second kappa shape index (κ2) is 25.1. The van der Waals surface area contributed by atoms with E-state index in [2.05, 4.69) is 34.6 Å². The predicted molar refractivity (Wildman–Crippen MR) is 295 cm³/mol. The van der Waals surface area contributed by atoms with Crippen molar-refractivity contribution in [2.45, 2.75) is 271 Å². The summed E-state index contributed by atoms with van der Waals surface area (Å²) in [6.07, 6.45) is -38.2. The summed E-state index contributed by atoms with van der Waals surface area (Å²) in [4.78, 5) is 12.7. The van der Waals surface area contributed by atoms with E-state index in [1.807, 2.05) is 6.92 Å². The van der Waals surface area contributed by atoms with Crippen LogP contribution in [0.15, 0.2) is 0 Å². The zero-order valence-corrected chi connectivity index (χ0v) is 51.5. The van der Waals surface area contributed by atoms with Crippen LogP contribution in [0.4, 0.5) is 0 Å². The lowest BCUT2D eigenvalue weighted by Gasteiger charge is -2.75. The van der Waals surface area contributed by atoms with Gasteiger partial charge in [0, 0.05) is 23.7 Å². The maximum absolute atomic E-state index is 12.7. The van der Waals surface area contributed by atoms with Crippen LogP contribution in [-0.4, -0.2) is 299 Å². The number of aliphatic hydroxyl groups excluding tert-OH is 16. The zero-order chi connectivity index (χ0) is 64.6. The molecule has 5 saturated carbocycles. The molecule has 35 unspecified atom stereocenters. The Hall–Kier alpha value is -1.61. The first-order valence-corrected chi connectivity index (χ1v) is 31.7. The van der Waals surface area contributed by atoms with Crippen molar-refractivity contribution in [2.75, 3.05) is 46.2 Å². The summed E-state index contributed by atoms with van der Waals surface area (Å²) in [6.45, 7) is 10.8. The third-order valence-electron chi connectivity index (χ3n) is 24.4.